The van der Waals surface area contributed by atoms with Gasteiger partial charge in [-0.25, -0.2) is 4.79 Å². The van der Waals surface area contributed by atoms with Crippen molar-refractivity contribution in [2.45, 2.75) is 13.5 Å². The molecule has 2 heterocycles. The number of carbonyl (C=O) groups is 1. The van der Waals surface area contributed by atoms with Crippen LogP contribution in [0.25, 0.3) is 6.08 Å². The monoisotopic (exact) mass is 318 g/mol. The SMILES string of the molecule is Cc1cc(CN(C)C(=O)C=Cc2cn(C)c(=O)n(C)c2=O)no1. The van der Waals surface area contributed by atoms with Crippen LogP contribution in [0, 0.1) is 6.92 Å². The van der Waals surface area contributed by atoms with Crippen LogP contribution in [0.1, 0.15) is 17.0 Å². The molecule has 0 aromatic carbocycles. The molecule has 0 aliphatic carbocycles. The summed E-state index contributed by atoms with van der Waals surface area (Å²) in [5.74, 6) is 0.381. The van der Waals surface area contributed by atoms with Crippen LogP contribution in [0.4, 0.5) is 0 Å². The van der Waals surface area contributed by atoms with Gasteiger partial charge in [-0.15, -0.1) is 0 Å². The van der Waals surface area contributed by atoms with E-state index in [2.05, 4.69) is 5.16 Å². The largest absolute Gasteiger partial charge is 0.361 e. The third-order valence-corrected chi connectivity index (χ3v) is 3.33. The van der Waals surface area contributed by atoms with E-state index in [4.69, 9.17) is 4.52 Å². The summed E-state index contributed by atoms with van der Waals surface area (Å²) in [6.45, 7) is 2.07. The third-order valence-electron chi connectivity index (χ3n) is 3.33. The average Bonchev–Trinajstić information content (AvgIpc) is 2.92. The molecule has 0 saturated carbocycles. The van der Waals surface area contributed by atoms with Gasteiger partial charge in [-0.2, -0.15) is 0 Å². The summed E-state index contributed by atoms with van der Waals surface area (Å²) in [5.41, 5.74) is 0.0299. The molecular weight excluding hydrogens is 300 g/mol. The molecule has 0 saturated heterocycles. The second-order valence-corrected chi connectivity index (χ2v) is 5.30. The van der Waals surface area contributed by atoms with E-state index in [9.17, 15) is 14.4 Å². The molecule has 0 atom stereocenters. The first-order valence-electron chi connectivity index (χ1n) is 6.91. The van der Waals surface area contributed by atoms with Gasteiger partial charge < -0.3 is 14.0 Å². The van der Waals surface area contributed by atoms with Gasteiger partial charge in [0.1, 0.15) is 11.5 Å². The van der Waals surface area contributed by atoms with Gasteiger partial charge in [0, 0.05) is 39.5 Å². The fourth-order valence-electron chi connectivity index (χ4n) is 2.05. The topological polar surface area (TPSA) is 90.3 Å². The van der Waals surface area contributed by atoms with Crippen LogP contribution in [-0.2, 0) is 25.4 Å². The Bertz CT molecular complexity index is 872. The van der Waals surface area contributed by atoms with E-state index in [1.54, 1.807) is 27.1 Å². The minimum atomic E-state index is -0.452. The lowest BCUT2D eigenvalue weighted by Crippen LogP contribution is -2.37. The number of rotatable bonds is 4. The Labute approximate surface area is 132 Å². The zero-order chi connectivity index (χ0) is 17.1. The molecule has 8 heteroatoms. The molecule has 2 aromatic rings. The number of hydrogen-bond donors (Lipinski definition) is 0. The van der Waals surface area contributed by atoms with Crippen molar-refractivity contribution in [3.05, 3.63) is 56.2 Å². The van der Waals surface area contributed by atoms with Crippen molar-refractivity contribution < 1.29 is 9.32 Å². The smallest absolute Gasteiger partial charge is 0.330 e. The number of hydrogen-bond acceptors (Lipinski definition) is 5. The summed E-state index contributed by atoms with van der Waals surface area (Å²) in [5, 5.41) is 3.82. The molecule has 0 unspecified atom stereocenters. The van der Waals surface area contributed by atoms with E-state index >= 15 is 0 Å². The summed E-state index contributed by atoms with van der Waals surface area (Å²) in [6.07, 6.45) is 4.08. The van der Waals surface area contributed by atoms with Crippen LogP contribution in [0.15, 0.2) is 32.5 Å². The predicted molar refractivity (Wildman–Crippen MR) is 83.7 cm³/mol. The first kappa shape index (κ1) is 16.5. The van der Waals surface area contributed by atoms with E-state index in [1.807, 2.05) is 0 Å². The van der Waals surface area contributed by atoms with Crippen LogP contribution >= 0.6 is 0 Å². The highest BCUT2D eigenvalue weighted by molar-refractivity contribution is 5.91. The van der Waals surface area contributed by atoms with Crippen LogP contribution in [-0.4, -0.2) is 32.1 Å². The van der Waals surface area contributed by atoms with Crippen molar-refractivity contribution in [2.24, 2.45) is 14.1 Å². The fourth-order valence-corrected chi connectivity index (χ4v) is 2.05. The first-order chi connectivity index (χ1) is 10.8. The molecule has 0 aliphatic heterocycles. The number of likely N-dealkylation sites (N-methyl/N-ethyl adjacent to an activating group) is 1. The van der Waals surface area contributed by atoms with E-state index < -0.39 is 11.2 Å². The van der Waals surface area contributed by atoms with Crippen molar-refractivity contribution in [3.8, 4) is 0 Å². The quantitative estimate of drug-likeness (QED) is 0.743. The molecule has 23 heavy (non-hydrogen) atoms. The number of carbonyl (C=O) groups excluding carboxylic acids is 1. The second-order valence-electron chi connectivity index (χ2n) is 5.30. The van der Waals surface area contributed by atoms with Gasteiger partial charge in [-0.3, -0.25) is 14.2 Å². The number of aromatic nitrogens is 3. The Morgan fingerprint density at radius 2 is 2.09 bits per heavy atom. The van der Waals surface area contributed by atoms with Crippen molar-refractivity contribution in [3.63, 3.8) is 0 Å². The molecule has 2 aromatic heterocycles. The van der Waals surface area contributed by atoms with Gasteiger partial charge in [-0.05, 0) is 13.0 Å². The standard InChI is InChI=1S/C15H18N4O4/c1-10-7-12(16-23-10)9-17(2)13(20)6-5-11-8-18(3)15(22)19(4)14(11)21/h5-8H,9H2,1-4H3. The van der Waals surface area contributed by atoms with Gasteiger partial charge in [0.05, 0.1) is 12.1 Å². The van der Waals surface area contributed by atoms with Crippen molar-refractivity contribution in [2.75, 3.05) is 7.05 Å². The molecule has 2 rings (SSSR count). The molecule has 1 amide bonds. The number of aryl methyl sites for hydroxylation is 2. The summed E-state index contributed by atoms with van der Waals surface area (Å²) >= 11 is 0. The summed E-state index contributed by atoms with van der Waals surface area (Å²) < 4.78 is 7.22. The average molecular weight is 318 g/mol. The van der Waals surface area contributed by atoms with Gasteiger partial charge >= 0.3 is 5.69 Å². The van der Waals surface area contributed by atoms with Crippen LogP contribution < -0.4 is 11.2 Å². The van der Waals surface area contributed by atoms with Gasteiger partial charge in [0.15, 0.2) is 0 Å². The van der Waals surface area contributed by atoms with E-state index in [-0.39, 0.29) is 11.5 Å². The lowest BCUT2D eigenvalue weighted by atomic mass is 10.3. The number of amides is 1. The Morgan fingerprint density at radius 3 is 2.70 bits per heavy atom. The molecule has 122 valence electrons. The highest BCUT2D eigenvalue weighted by atomic mass is 16.5. The van der Waals surface area contributed by atoms with Crippen molar-refractivity contribution in [1.29, 1.82) is 0 Å². The zero-order valence-corrected chi connectivity index (χ0v) is 13.4. The first-order valence-corrected chi connectivity index (χ1v) is 6.91. The maximum atomic E-state index is 12.1. The highest BCUT2D eigenvalue weighted by Gasteiger charge is 2.10. The maximum Gasteiger partial charge on any atom is 0.330 e. The Kier molecular flexibility index (Phi) is 4.63. The molecule has 0 fully saturated rings. The molecule has 0 N–H and O–H groups in total. The molecule has 0 aliphatic rings. The summed E-state index contributed by atoms with van der Waals surface area (Å²) in [4.78, 5) is 37.1. The Hall–Kier alpha value is -2.90. The summed E-state index contributed by atoms with van der Waals surface area (Å²) in [6, 6.07) is 1.75. The summed E-state index contributed by atoms with van der Waals surface area (Å²) in [7, 11) is 4.55. The van der Waals surface area contributed by atoms with E-state index in [1.165, 1.54) is 34.9 Å². The Morgan fingerprint density at radius 1 is 1.39 bits per heavy atom. The van der Waals surface area contributed by atoms with Crippen LogP contribution in [0.3, 0.4) is 0 Å². The van der Waals surface area contributed by atoms with E-state index in [0.717, 1.165) is 4.57 Å². The minimum Gasteiger partial charge on any atom is -0.361 e. The van der Waals surface area contributed by atoms with Crippen LogP contribution in [0.2, 0.25) is 0 Å². The van der Waals surface area contributed by atoms with E-state index in [0.29, 0.717) is 18.0 Å². The molecule has 0 bridgehead atoms. The minimum absolute atomic E-state index is 0.258. The predicted octanol–water partition coefficient (Wildman–Crippen LogP) is 0.0522. The molecule has 8 nitrogen and oxygen atoms in total. The van der Waals surface area contributed by atoms with Gasteiger partial charge in [0.2, 0.25) is 5.91 Å². The normalized spacial score (nSPS) is 11.1. The van der Waals surface area contributed by atoms with Gasteiger partial charge in [0.25, 0.3) is 5.56 Å². The highest BCUT2D eigenvalue weighted by Crippen LogP contribution is 2.05. The number of nitrogens with zero attached hydrogens (tertiary/aromatic N) is 4. The van der Waals surface area contributed by atoms with Crippen molar-refractivity contribution in [1.82, 2.24) is 19.2 Å². The fraction of sp³-hybridized carbons (Fsp3) is 0.333. The molecule has 0 spiro atoms. The van der Waals surface area contributed by atoms with Gasteiger partial charge in [-0.1, -0.05) is 5.16 Å². The zero-order valence-electron chi connectivity index (χ0n) is 13.4. The third kappa shape index (κ3) is 3.65. The lowest BCUT2D eigenvalue weighted by Gasteiger charge is -2.12. The lowest BCUT2D eigenvalue weighted by molar-refractivity contribution is -0.125. The maximum absolute atomic E-state index is 12.1. The second kappa shape index (κ2) is 6.47. The Balaban J connectivity index is 2.15. The van der Waals surface area contributed by atoms with Crippen molar-refractivity contribution >= 4 is 12.0 Å². The molecular formula is C15H18N4O4. The molecule has 0 radical (unpaired) electrons. The van der Waals surface area contributed by atoms with Crippen LogP contribution in [0.5, 0.6) is 0 Å².